The fraction of sp³-hybridized carbons (Fsp3) is 0.308. The first-order chi connectivity index (χ1) is 11.1. The lowest BCUT2D eigenvalue weighted by Crippen LogP contribution is -2.26. The van der Waals surface area contributed by atoms with Gasteiger partial charge in [-0.3, -0.25) is 9.71 Å². The van der Waals surface area contributed by atoms with E-state index in [9.17, 15) is 21.2 Å². The quantitative estimate of drug-likeness (QED) is 0.749. The van der Waals surface area contributed by atoms with Crippen molar-refractivity contribution in [2.45, 2.75) is 24.8 Å². The van der Waals surface area contributed by atoms with E-state index in [4.69, 9.17) is 0 Å². The third kappa shape index (κ3) is 4.50. The monoisotopic (exact) mass is 393 g/mol. The molecule has 2 N–H and O–H groups in total. The van der Waals surface area contributed by atoms with E-state index in [1.54, 1.807) is 18.6 Å². The second-order valence-electron chi connectivity index (χ2n) is 4.89. The van der Waals surface area contributed by atoms with Gasteiger partial charge in [-0.05, 0) is 32.0 Å². The molecule has 0 unspecified atom stereocenters. The van der Waals surface area contributed by atoms with E-state index in [1.807, 2.05) is 0 Å². The predicted molar refractivity (Wildman–Crippen MR) is 90.3 cm³/mol. The zero-order valence-corrected chi connectivity index (χ0v) is 15.3. The van der Waals surface area contributed by atoms with Crippen LogP contribution in [0, 0.1) is 5.82 Å². The average molecular weight is 393 g/mol. The van der Waals surface area contributed by atoms with Crippen LogP contribution < -0.4 is 9.44 Å². The number of halogens is 1. The van der Waals surface area contributed by atoms with Crippen molar-refractivity contribution in [1.82, 2.24) is 9.71 Å². The summed E-state index contributed by atoms with van der Waals surface area (Å²) in [5.41, 5.74) is 1.28. The lowest BCUT2D eigenvalue weighted by molar-refractivity contribution is 0.565. The number of aromatic nitrogens is 1. The van der Waals surface area contributed by atoms with Gasteiger partial charge in [0.25, 0.3) is 0 Å². The van der Waals surface area contributed by atoms with Crippen molar-refractivity contribution in [2.75, 3.05) is 10.5 Å². The van der Waals surface area contributed by atoms with E-state index in [0.29, 0.717) is 4.88 Å². The van der Waals surface area contributed by atoms with Crippen LogP contribution in [-0.2, 0) is 20.0 Å². The van der Waals surface area contributed by atoms with Gasteiger partial charge in [-0.2, -0.15) is 0 Å². The molecule has 1 heterocycles. The largest absolute Gasteiger partial charge is 0.281 e. The van der Waals surface area contributed by atoms with Gasteiger partial charge in [-0.1, -0.05) is 0 Å². The molecule has 0 aliphatic rings. The van der Waals surface area contributed by atoms with Gasteiger partial charge in [-0.15, -0.1) is 11.3 Å². The van der Waals surface area contributed by atoms with Crippen LogP contribution in [-0.4, -0.2) is 27.6 Å². The summed E-state index contributed by atoms with van der Waals surface area (Å²) in [5, 5.41) is 0. The predicted octanol–water partition coefficient (Wildman–Crippen LogP) is 2.08. The third-order valence-corrected chi connectivity index (χ3v) is 6.89. The van der Waals surface area contributed by atoms with Crippen molar-refractivity contribution in [1.29, 1.82) is 0 Å². The number of rotatable bonds is 7. The minimum atomic E-state index is -3.96. The zero-order valence-electron chi connectivity index (χ0n) is 12.9. The minimum absolute atomic E-state index is 0.222. The molecule has 0 saturated heterocycles. The molecule has 132 valence electrons. The van der Waals surface area contributed by atoms with Gasteiger partial charge in [0.15, 0.2) is 0 Å². The number of benzene rings is 1. The Morgan fingerprint density at radius 1 is 1.29 bits per heavy atom. The van der Waals surface area contributed by atoms with Crippen LogP contribution in [0.5, 0.6) is 0 Å². The zero-order chi connectivity index (χ0) is 18.0. The highest BCUT2D eigenvalue weighted by Gasteiger charge is 2.21. The summed E-state index contributed by atoms with van der Waals surface area (Å²) in [4.78, 5) is 4.29. The Labute approximate surface area is 144 Å². The first kappa shape index (κ1) is 18.8. The van der Waals surface area contributed by atoms with Crippen molar-refractivity contribution in [2.24, 2.45) is 0 Å². The first-order valence-corrected chi connectivity index (χ1v) is 10.9. The van der Waals surface area contributed by atoms with E-state index in [-0.39, 0.29) is 16.3 Å². The maximum absolute atomic E-state index is 14.0. The number of nitrogens with zero attached hydrogens (tertiary/aromatic N) is 1. The molecule has 2 aromatic rings. The molecule has 11 heteroatoms. The Hall–Kier alpha value is -1.56. The van der Waals surface area contributed by atoms with Crippen LogP contribution >= 0.6 is 11.3 Å². The fourth-order valence-corrected chi connectivity index (χ4v) is 4.37. The summed E-state index contributed by atoms with van der Waals surface area (Å²) in [6, 6.07) is 2.46. The van der Waals surface area contributed by atoms with Crippen molar-refractivity contribution in [3.05, 3.63) is 40.6 Å². The molecule has 2 rings (SSSR count). The Kier molecular flexibility index (Phi) is 5.58. The number of thiazole rings is 1. The van der Waals surface area contributed by atoms with Crippen LogP contribution in [0.15, 0.2) is 34.8 Å². The van der Waals surface area contributed by atoms with E-state index in [0.717, 1.165) is 18.2 Å². The average Bonchev–Trinajstić information content (AvgIpc) is 3.03. The minimum Gasteiger partial charge on any atom is -0.281 e. The smallest absolute Gasteiger partial charge is 0.241 e. The first-order valence-electron chi connectivity index (χ1n) is 6.85. The Morgan fingerprint density at radius 2 is 2.00 bits per heavy atom. The highest BCUT2D eigenvalue weighted by atomic mass is 32.2. The van der Waals surface area contributed by atoms with Gasteiger partial charge in [-0.25, -0.2) is 25.9 Å². The van der Waals surface area contributed by atoms with E-state index >= 15 is 0 Å². The number of hydrogen-bond donors (Lipinski definition) is 2. The molecule has 0 aliphatic heterocycles. The maximum atomic E-state index is 14.0. The second-order valence-corrected chi connectivity index (χ2v) is 9.54. The van der Waals surface area contributed by atoms with Crippen molar-refractivity contribution < 1.29 is 21.2 Å². The molecule has 7 nitrogen and oxygen atoms in total. The van der Waals surface area contributed by atoms with Gasteiger partial charge < -0.3 is 0 Å². The van der Waals surface area contributed by atoms with Crippen molar-refractivity contribution in [3.63, 3.8) is 0 Å². The van der Waals surface area contributed by atoms with E-state index in [2.05, 4.69) is 14.4 Å². The van der Waals surface area contributed by atoms with Crippen LogP contribution in [0.25, 0.3) is 0 Å². The van der Waals surface area contributed by atoms with Gasteiger partial charge in [0.1, 0.15) is 5.82 Å². The molecule has 0 amide bonds. The Balaban J connectivity index is 2.24. The molecular formula is C13H16FN3O4S3. The van der Waals surface area contributed by atoms with Crippen LogP contribution in [0.1, 0.15) is 24.8 Å². The molecule has 0 bridgehead atoms. The number of anilines is 1. The molecule has 1 aromatic heterocycles. The third-order valence-electron chi connectivity index (χ3n) is 3.11. The second kappa shape index (κ2) is 7.13. The Bertz CT molecular complexity index is 912. The summed E-state index contributed by atoms with van der Waals surface area (Å²) in [5.74, 6) is -1.19. The lowest BCUT2D eigenvalue weighted by atomic mass is 10.3. The Morgan fingerprint density at radius 3 is 2.54 bits per heavy atom. The summed E-state index contributed by atoms with van der Waals surface area (Å²) < 4.78 is 66.1. The van der Waals surface area contributed by atoms with Crippen LogP contribution in [0.2, 0.25) is 0 Å². The highest BCUT2D eigenvalue weighted by molar-refractivity contribution is 7.92. The number of sulfonamides is 2. The maximum Gasteiger partial charge on any atom is 0.241 e. The van der Waals surface area contributed by atoms with Gasteiger partial charge in [0, 0.05) is 11.1 Å². The molecule has 0 aliphatic carbocycles. The topological polar surface area (TPSA) is 105 Å². The molecule has 1 aromatic carbocycles. The molecule has 0 spiro atoms. The van der Waals surface area contributed by atoms with E-state index < -0.39 is 31.9 Å². The molecule has 24 heavy (non-hydrogen) atoms. The van der Waals surface area contributed by atoms with Gasteiger partial charge in [0.05, 0.1) is 27.9 Å². The lowest BCUT2D eigenvalue weighted by Gasteiger charge is -2.13. The number of hydrogen-bond acceptors (Lipinski definition) is 6. The highest BCUT2D eigenvalue weighted by Crippen LogP contribution is 2.23. The summed E-state index contributed by atoms with van der Waals surface area (Å²) >= 11 is 1.29. The summed E-state index contributed by atoms with van der Waals surface area (Å²) in [6.07, 6.45) is 1.54. The summed E-state index contributed by atoms with van der Waals surface area (Å²) in [6.45, 7) is 3.05. The fourth-order valence-electron chi connectivity index (χ4n) is 1.78. The molecule has 0 fully saturated rings. The van der Waals surface area contributed by atoms with Crippen molar-refractivity contribution in [3.8, 4) is 0 Å². The van der Waals surface area contributed by atoms with Gasteiger partial charge >= 0.3 is 0 Å². The van der Waals surface area contributed by atoms with Gasteiger partial charge in [0.2, 0.25) is 20.0 Å². The molecule has 0 radical (unpaired) electrons. The standard InChI is InChI=1S/C13H16FN3O4S3/c1-3-23(18,19)17-12-5-4-10(6-11(12)14)24(20,21)16-9(2)13-7-15-8-22-13/h4-9,16-17H,3H2,1-2H3/t9-/m0/s1. The van der Waals surface area contributed by atoms with Crippen molar-refractivity contribution >= 4 is 37.1 Å². The van der Waals surface area contributed by atoms with Crippen LogP contribution in [0.4, 0.5) is 10.1 Å². The molecule has 1 atom stereocenters. The SMILES string of the molecule is CCS(=O)(=O)Nc1ccc(S(=O)(=O)N[C@@H](C)c2cncs2)cc1F. The van der Waals surface area contributed by atoms with E-state index in [1.165, 1.54) is 18.3 Å². The molecule has 0 saturated carbocycles. The summed E-state index contributed by atoms with van der Waals surface area (Å²) in [7, 11) is -7.62. The number of nitrogens with one attached hydrogen (secondary N) is 2. The van der Waals surface area contributed by atoms with Crippen LogP contribution in [0.3, 0.4) is 0 Å². The molecular weight excluding hydrogens is 377 g/mol. The normalized spacial score (nSPS) is 13.6.